The highest BCUT2D eigenvalue weighted by Crippen LogP contribution is 2.28. The van der Waals surface area contributed by atoms with Crippen LogP contribution in [-0.2, 0) is 20.0 Å². The SMILES string of the molecule is CCCNc1ccc(S(N)(=O)=O)cc1NS(=O)(=O)c1ccc(C(=O)NCC(F)(F)F)cc1. The van der Waals surface area contributed by atoms with Crippen LogP contribution in [0.4, 0.5) is 24.5 Å². The van der Waals surface area contributed by atoms with Gasteiger partial charge in [0, 0.05) is 12.1 Å². The number of benzene rings is 2. The van der Waals surface area contributed by atoms with Crippen molar-refractivity contribution in [3.63, 3.8) is 0 Å². The Balaban J connectivity index is 2.29. The zero-order chi connectivity index (χ0) is 24.2. The van der Waals surface area contributed by atoms with E-state index < -0.39 is 38.7 Å². The van der Waals surface area contributed by atoms with Gasteiger partial charge in [-0.15, -0.1) is 0 Å². The first kappa shape index (κ1) is 25.4. The maximum absolute atomic E-state index is 12.8. The molecule has 14 heteroatoms. The predicted molar refractivity (Wildman–Crippen MR) is 112 cm³/mol. The van der Waals surface area contributed by atoms with Crippen molar-refractivity contribution in [2.24, 2.45) is 5.14 Å². The van der Waals surface area contributed by atoms with Crippen LogP contribution in [-0.4, -0.2) is 42.0 Å². The number of carbonyl (C=O) groups excluding carboxylic acids is 1. The molecule has 1 amide bonds. The van der Waals surface area contributed by atoms with E-state index in [4.69, 9.17) is 5.14 Å². The summed E-state index contributed by atoms with van der Waals surface area (Å²) in [6.07, 6.45) is -3.88. The molecule has 0 bridgehead atoms. The molecule has 0 aliphatic rings. The van der Waals surface area contributed by atoms with Gasteiger partial charge in [0.05, 0.1) is 21.2 Å². The Hall–Kier alpha value is -2.84. The second-order valence-corrected chi connectivity index (χ2v) is 9.85. The molecule has 32 heavy (non-hydrogen) atoms. The van der Waals surface area contributed by atoms with Crippen LogP contribution in [0, 0.1) is 0 Å². The predicted octanol–water partition coefficient (Wildman–Crippen LogP) is 2.25. The molecule has 0 aliphatic carbocycles. The summed E-state index contributed by atoms with van der Waals surface area (Å²) >= 11 is 0. The van der Waals surface area contributed by atoms with Crippen LogP contribution in [0.25, 0.3) is 0 Å². The summed E-state index contributed by atoms with van der Waals surface area (Å²) in [5.41, 5.74) is 0.0673. The zero-order valence-electron chi connectivity index (χ0n) is 16.7. The molecule has 0 unspecified atom stereocenters. The van der Waals surface area contributed by atoms with Crippen molar-refractivity contribution in [2.75, 3.05) is 23.1 Å². The maximum atomic E-state index is 12.8. The summed E-state index contributed by atoms with van der Waals surface area (Å²) in [6, 6.07) is 7.82. The molecule has 0 heterocycles. The number of alkyl halides is 3. The van der Waals surface area contributed by atoms with Gasteiger partial charge in [-0.3, -0.25) is 9.52 Å². The number of sulfonamides is 2. The van der Waals surface area contributed by atoms with E-state index in [-0.39, 0.29) is 21.0 Å². The van der Waals surface area contributed by atoms with Gasteiger partial charge in [-0.25, -0.2) is 22.0 Å². The number of amides is 1. The van der Waals surface area contributed by atoms with Crippen molar-refractivity contribution in [3.05, 3.63) is 48.0 Å². The van der Waals surface area contributed by atoms with Crippen molar-refractivity contribution in [1.29, 1.82) is 0 Å². The van der Waals surface area contributed by atoms with Crippen molar-refractivity contribution in [3.8, 4) is 0 Å². The van der Waals surface area contributed by atoms with Crippen molar-refractivity contribution >= 4 is 37.3 Å². The first-order valence-electron chi connectivity index (χ1n) is 9.11. The van der Waals surface area contributed by atoms with Gasteiger partial charge in [0.25, 0.3) is 15.9 Å². The Morgan fingerprint density at radius 1 is 0.969 bits per heavy atom. The monoisotopic (exact) mass is 494 g/mol. The van der Waals surface area contributed by atoms with Crippen LogP contribution in [0.1, 0.15) is 23.7 Å². The van der Waals surface area contributed by atoms with Crippen LogP contribution < -0.4 is 20.5 Å². The van der Waals surface area contributed by atoms with E-state index in [0.29, 0.717) is 18.7 Å². The van der Waals surface area contributed by atoms with E-state index >= 15 is 0 Å². The topological polar surface area (TPSA) is 147 Å². The summed E-state index contributed by atoms with van der Waals surface area (Å²) in [5.74, 6) is -1.02. The first-order valence-corrected chi connectivity index (χ1v) is 12.1. The molecule has 0 aromatic heterocycles. The normalized spacial score (nSPS) is 12.3. The van der Waals surface area contributed by atoms with Gasteiger partial charge in [-0.1, -0.05) is 6.92 Å². The van der Waals surface area contributed by atoms with E-state index in [1.54, 1.807) is 5.32 Å². The second-order valence-electron chi connectivity index (χ2n) is 6.61. The van der Waals surface area contributed by atoms with Gasteiger partial charge >= 0.3 is 6.18 Å². The fourth-order valence-electron chi connectivity index (χ4n) is 2.47. The number of nitrogens with two attached hydrogens (primary N) is 1. The molecule has 0 saturated heterocycles. The lowest BCUT2D eigenvalue weighted by atomic mass is 10.2. The number of carbonyl (C=O) groups is 1. The number of halogens is 3. The van der Waals surface area contributed by atoms with E-state index in [1.807, 2.05) is 6.92 Å². The summed E-state index contributed by atoms with van der Waals surface area (Å²) < 4.78 is 87.7. The summed E-state index contributed by atoms with van der Waals surface area (Å²) in [6.45, 7) is 0.828. The molecule has 2 aromatic carbocycles. The summed E-state index contributed by atoms with van der Waals surface area (Å²) in [5, 5.41) is 9.75. The van der Waals surface area contributed by atoms with Crippen molar-refractivity contribution in [2.45, 2.75) is 29.3 Å². The van der Waals surface area contributed by atoms with E-state index in [2.05, 4.69) is 10.0 Å². The third-order valence-corrected chi connectivity index (χ3v) is 6.30. The molecule has 9 nitrogen and oxygen atoms in total. The van der Waals surface area contributed by atoms with Crippen LogP contribution in [0.2, 0.25) is 0 Å². The number of anilines is 2. The minimum atomic E-state index is -4.59. The number of nitrogens with one attached hydrogen (secondary N) is 3. The van der Waals surface area contributed by atoms with Gasteiger partial charge in [0.2, 0.25) is 10.0 Å². The summed E-state index contributed by atoms with van der Waals surface area (Å²) in [4.78, 5) is 11.2. The lowest BCUT2D eigenvalue weighted by Gasteiger charge is -2.15. The largest absolute Gasteiger partial charge is 0.405 e. The lowest BCUT2D eigenvalue weighted by Crippen LogP contribution is -2.33. The average Bonchev–Trinajstić information content (AvgIpc) is 2.69. The molecule has 2 aromatic rings. The van der Waals surface area contributed by atoms with Crippen LogP contribution in [0.3, 0.4) is 0 Å². The zero-order valence-corrected chi connectivity index (χ0v) is 18.4. The Morgan fingerprint density at radius 3 is 2.09 bits per heavy atom. The maximum Gasteiger partial charge on any atom is 0.405 e. The van der Waals surface area contributed by atoms with Crippen molar-refractivity contribution in [1.82, 2.24) is 5.32 Å². The highest BCUT2D eigenvalue weighted by molar-refractivity contribution is 7.92. The lowest BCUT2D eigenvalue weighted by molar-refractivity contribution is -0.123. The molecule has 176 valence electrons. The highest BCUT2D eigenvalue weighted by Gasteiger charge is 2.28. The Labute approximate surface area is 183 Å². The van der Waals surface area contributed by atoms with E-state index in [9.17, 15) is 34.8 Å². The molecule has 0 fully saturated rings. The van der Waals surface area contributed by atoms with Gasteiger partial charge in [-0.05, 0) is 48.9 Å². The molecule has 0 spiro atoms. The average molecular weight is 495 g/mol. The number of rotatable bonds is 9. The smallest absolute Gasteiger partial charge is 0.383 e. The quantitative estimate of drug-likeness (QED) is 0.420. The third-order valence-electron chi connectivity index (χ3n) is 4.01. The Bertz CT molecular complexity index is 1180. The van der Waals surface area contributed by atoms with Gasteiger partial charge in [0.15, 0.2) is 0 Å². The van der Waals surface area contributed by atoms with Gasteiger partial charge in [0.1, 0.15) is 6.54 Å². The summed E-state index contributed by atoms with van der Waals surface area (Å²) in [7, 11) is -8.34. The molecule has 0 saturated carbocycles. The highest BCUT2D eigenvalue weighted by atomic mass is 32.2. The Kier molecular flexibility index (Phi) is 7.74. The van der Waals surface area contributed by atoms with Crippen LogP contribution in [0.15, 0.2) is 52.3 Å². The fourth-order valence-corrected chi connectivity index (χ4v) is 4.08. The first-order chi connectivity index (χ1) is 14.7. The number of hydrogen-bond acceptors (Lipinski definition) is 6. The van der Waals surface area contributed by atoms with Crippen molar-refractivity contribution < 1.29 is 34.8 Å². The Morgan fingerprint density at radius 2 is 1.56 bits per heavy atom. The van der Waals surface area contributed by atoms with E-state index in [1.165, 1.54) is 12.1 Å². The molecule has 2 rings (SSSR count). The van der Waals surface area contributed by atoms with Gasteiger partial charge < -0.3 is 10.6 Å². The van der Waals surface area contributed by atoms with Gasteiger partial charge in [-0.2, -0.15) is 13.2 Å². The van der Waals surface area contributed by atoms with Crippen LogP contribution >= 0.6 is 0 Å². The standard InChI is InChI=1S/C18H21F3N4O5S2/c1-2-9-23-15-8-7-14(31(22,27)28)10-16(15)25-32(29,30)13-5-3-12(4-6-13)17(26)24-11-18(19,20)21/h3-8,10,23,25H,2,9,11H2,1H3,(H,24,26)(H2,22,27,28). The molecular weight excluding hydrogens is 473 g/mol. The minimum absolute atomic E-state index is 0.0722. The number of hydrogen-bond donors (Lipinski definition) is 4. The minimum Gasteiger partial charge on any atom is -0.383 e. The van der Waals surface area contributed by atoms with Crippen LogP contribution in [0.5, 0.6) is 0 Å². The molecule has 5 N–H and O–H groups in total. The molecule has 0 aliphatic heterocycles. The second kappa shape index (κ2) is 9.75. The third kappa shape index (κ3) is 7.10. The molecule has 0 radical (unpaired) electrons. The fraction of sp³-hybridized carbons (Fsp3) is 0.278. The molecular formula is C18H21F3N4O5S2. The number of primary sulfonamides is 1. The molecule has 0 atom stereocenters. The van der Waals surface area contributed by atoms with E-state index in [0.717, 1.165) is 30.3 Å².